The molecule has 1 aliphatic rings. The van der Waals surface area contributed by atoms with Crippen LogP contribution < -0.4 is 10.6 Å². The molecule has 1 aliphatic heterocycles. The fourth-order valence-corrected chi connectivity index (χ4v) is 3.96. The molecule has 160 valence electrons. The summed E-state index contributed by atoms with van der Waals surface area (Å²) in [6, 6.07) is 6.06. The molecule has 6 nitrogen and oxygen atoms in total. The molecule has 3 rings (SSSR count). The number of rotatable bonds is 8. The molecule has 2 amide bonds. The van der Waals surface area contributed by atoms with Crippen molar-refractivity contribution in [2.24, 2.45) is 0 Å². The Balaban J connectivity index is 1.83. The molecule has 0 radical (unpaired) electrons. The van der Waals surface area contributed by atoms with Crippen molar-refractivity contribution >= 4 is 29.2 Å². The summed E-state index contributed by atoms with van der Waals surface area (Å²) in [5.74, 6) is -0.197. The molecule has 0 bridgehead atoms. The van der Waals surface area contributed by atoms with Crippen molar-refractivity contribution in [3.63, 3.8) is 0 Å². The van der Waals surface area contributed by atoms with E-state index in [1.807, 2.05) is 32.1 Å². The van der Waals surface area contributed by atoms with Crippen LogP contribution in [0.5, 0.6) is 0 Å². The van der Waals surface area contributed by atoms with E-state index in [1.165, 1.54) is 5.56 Å². The van der Waals surface area contributed by atoms with Gasteiger partial charge in [-0.15, -0.1) is 0 Å². The number of hydrogen-bond donors (Lipinski definition) is 3. The van der Waals surface area contributed by atoms with Gasteiger partial charge in [-0.3, -0.25) is 9.59 Å². The Morgan fingerprint density at radius 1 is 1.17 bits per heavy atom. The molecule has 2 heterocycles. The van der Waals surface area contributed by atoms with Crippen molar-refractivity contribution in [3.05, 3.63) is 51.8 Å². The lowest BCUT2D eigenvalue weighted by molar-refractivity contribution is -0.110. The SMILES string of the molecule is CCc1ccc2c(c1)NC(=O)C2=Cc1[nH]c(C)c(C(=O)NCCN(CC)CC)c1C. The van der Waals surface area contributed by atoms with Gasteiger partial charge in [-0.2, -0.15) is 0 Å². The van der Waals surface area contributed by atoms with Crippen LogP contribution in [-0.2, 0) is 11.2 Å². The molecule has 0 fully saturated rings. The van der Waals surface area contributed by atoms with Crippen LogP contribution in [0.25, 0.3) is 11.6 Å². The maximum absolute atomic E-state index is 12.8. The van der Waals surface area contributed by atoms with Crippen molar-refractivity contribution in [2.75, 3.05) is 31.5 Å². The number of fused-ring (bicyclic) bond motifs is 1. The summed E-state index contributed by atoms with van der Waals surface area (Å²) in [7, 11) is 0. The number of carbonyl (C=O) groups is 2. The molecule has 0 saturated heterocycles. The van der Waals surface area contributed by atoms with Crippen LogP contribution in [0.4, 0.5) is 5.69 Å². The molecule has 3 N–H and O–H groups in total. The zero-order valence-electron chi connectivity index (χ0n) is 18.6. The first kappa shape index (κ1) is 21.8. The van der Waals surface area contributed by atoms with E-state index in [0.717, 1.165) is 54.3 Å². The van der Waals surface area contributed by atoms with Gasteiger partial charge in [0.05, 0.1) is 11.1 Å². The van der Waals surface area contributed by atoms with E-state index in [4.69, 9.17) is 0 Å². The number of anilines is 1. The lowest BCUT2D eigenvalue weighted by atomic mass is 10.0. The number of aryl methyl sites for hydroxylation is 2. The first-order chi connectivity index (χ1) is 14.4. The Bertz CT molecular complexity index is 983. The minimum atomic E-state index is -0.116. The first-order valence-corrected chi connectivity index (χ1v) is 10.8. The fraction of sp³-hybridized carbons (Fsp3) is 0.417. The molecule has 1 aromatic carbocycles. The maximum atomic E-state index is 12.8. The number of nitrogens with one attached hydrogen (secondary N) is 3. The summed E-state index contributed by atoms with van der Waals surface area (Å²) >= 11 is 0. The van der Waals surface area contributed by atoms with Gasteiger partial charge in [0.2, 0.25) is 0 Å². The lowest BCUT2D eigenvalue weighted by Gasteiger charge is -2.18. The topological polar surface area (TPSA) is 77.2 Å². The number of aromatic amines is 1. The standard InChI is InChI=1S/C24H32N4O2/c1-6-17-9-10-18-19(23(29)27-21(18)13-17)14-20-15(4)22(16(5)26-20)24(30)25-11-12-28(7-2)8-3/h9-10,13-14,26H,6-8,11-12H2,1-5H3,(H,25,30)(H,27,29). The van der Waals surface area contributed by atoms with Crippen LogP contribution in [0.1, 0.15) is 59.2 Å². The Labute approximate surface area is 178 Å². The average molecular weight is 409 g/mol. The molecule has 1 aromatic heterocycles. The Kier molecular flexibility index (Phi) is 6.77. The van der Waals surface area contributed by atoms with Gasteiger partial charge in [-0.05, 0) is 56.6 Å². The summed E-state index contributed by atoms with van der Waals surface area (Å²) in [5.41, 5.74) is 6.65. The van der Waals surface area contributed by atoms with E-state index < -0.39 is 0 Å². The van der Waals surface area contributed by atoms with Gasteiger partial charge in [0.25, 0.3) is 11.8 Å². The number of aromatic nitrogens is 1. The number of H-pyrrole nitrogens is 1. The number of nitrogens with zero attached hydrogens (tertiary/aromatic N) is 1. The minimum absolute atomic E-state index is 0.0816. The van der Waals surface area contributed by atoms with E-state index in [1.54, 1.807) is 0 Å². The molecular weight excluding hydrogens is 376 g/mol. The third kappa shape index (κ3) is 4.33. The molecule has 0 saturated carbocycles. The summed E-state index contributed by atoms with van der Waals surface area (Å²) in [6.45, 7) is 13.5. The second-order valence-electron chi connectivity index (χ2n) is 7.69. The van der Waals surface area contributed by atoms with Gasteiger partial charge in [0.15, 0.2) is 0 Å². The highest BCUT2D eigenvalue weighted by Gasteiger charge is 2.25. The lowest BCUT2D eigenvalue weighted by Crippen LogP contribution is -2.35. The smallest absolute Gasteiger partial charge is 0.256 e. The molecule has 0 atom stereocenters. The number of likely N-dealkylation sites (N-methyl/N-ethyl adjacent to an activating group) is 1. The van der Waals surface area contributed by atoms with Crippen molar-refractivity contribution < 1.29 is 9.59 Å². The van der Waals surface area contributed by atoms with Gasteiger partial charge in [0, 0.05) is 35.7 Å². The van der Waals surface area contributed by atoms with E-state index in [9.17, 15) is 9.59 Å². The van der Waals surface area contributed by atoms with Crippen LogP contribution in [0, 0.1) is 13.8 Å². The van der Waals surface area contributed by atoms with Crippen LogP contribution in [-0.4, -0.2) is 47.9 Å². The molecule has 0 spiro atoms. The van der Waals surface area contributed by atoms with E-state index >= 15 is 0 Å². The van der Waals surface area contributed by atoms with Gasteiger partial charge in [-0.25, -0.2) is 0 Å². The minimum Gasteiger partial charge on any atom is -0.358 e. The number of benzene rings is 1. The first-order valence-electron chi connectivity index (χ1n) is 10.8. The fourth-order valence-electron chi connectivity index (χ4n) is 3.96. The van der Waals surface area contributed by atoms with Crippen molar-refractivity contribution in [2.45, 2.75) is 41.0 Å². The Hall–Kier alpha value is -2.86. The zero-order chi connectivity index (χ0) is 21.8. The van der Waals surface area contributed by atoms with Crippen LogP contribution >= 0.6 is 0 Å². The Morgan fingerprint density at radius 3 is 2.57 bits per heavy atom. The number of hydrogen-bond acceptors (Lipinski definition) is 3. The van der Waals surface area contributed by atoms with Gasteiger partial charge >= 0.3 is 0 Å². The molecule has 0 unspecified atom stereocenters. The summed E-state index contributed by atoms with van der Waals surface area (Å²) in [4.78, 5) is 30.9. The second-order valence-corrected chi connectivity index (χ2v) is 7.69. The predicted molar refractivity (Wildman–Crippen MR) is 123 cm³/mol. The summed E-state index contributed by atoms with van der Waals surface area (Å²) < 4.78 is 0. The largest absolute Gasteiger partial charge is 0.358 e. The zero-order valence-corrected chi connectivity index (χ0v) is 18.6. The number of carbonyl (C=O) groups excluding carboxylic acids is 2. The summed E-state index contributed by atoms with van der Waals surface area (Å²) in [6.07, 6.45) is 2.77. The highest BCUT2D eigenvalue weighted by Crippen LogP contribution is 2.34. The van der Waals surface area contributed by atoms with Crippen LogP contribution in [0.15, 0.2) is 18.2 Å². The monoisotopic (exact) mass is 408 g/mol. The van der Waals surface area contributed by atoms with E-state index in [0.29, 0.717) is 17.7 Å². The highest BCUT2D eigenvalue weighted by atomic mass is 16.2. The third-order valence-electron chi connectivity index (χ3n) is 5.88. The van der Waals surface area contributed by atoms with Gasteiger partial charge in [-0.1, -0.05) is 32.9 Å². The third-order valence-corrected chi connectivity index (χ3v) is 5.88. The van der Waals surface area contributed by atoms with Crippen molar-refractivity contribution in [1.29, 1.82) is 0 Å². The van der Waals surface area contributed by atoms with Crippen molar-refractivity contribution in [3.8, 4) is 0 Å². The van der Waals surface area contributed by atoms with Crippen LogP contribution in [0.2, 0.25) is 0 Å². The van der Waals surface area contributed by atoms with Gasteiger partial charge in [0.1, 0.15) is 0 Å². The molecule has 30 heavy (non-hydrogen) atoms. The highest BCUT2D eigenvalue weighted by molar-refractivity contribution is 6.35. The maximum Gasteiger partial charge on any atom is 0.256 e. The van der Waals surface area contributed by atoms with Gasteiger partial charge < -0.3 is 20.5 Å². The predicted octanol–water partition coefficient (Wildman–Crippen LogP) is 3.76. The molecule has 0 aliphatic carbocycles. The van der Waals surface area contributed by atoms with E-state index in [-0.39, 0.29) is 11.8 Å². The average Bonchev–Trinajstić information content (AvgIpc) is 3.19. The molecular formula is C24H32N4O2. The normalized spacial score (nSPS) is 14.3. The number of amides is 2. The summed E-state index contributed by atoms with van der Waals surface area (Å²) in [5, 5.41) is 5.97. The second kappa shape index (κ2) is 9.30. The Morgan fingerprint density at radius 2 is 1.90 bits per heavy atom. The van der Waals surface area contributed by atoms with Crippen molar-refractivity contribution in [1.82, 2.24) is 15.2 Å². The van der Waals surface area contributed by atoms with Crippen LogP contribution in [0.3, 0.4) is 0 Å². The van der Waals surface area contributed by atoms with E-state index in [2.05, 4.69) is 47.4 Å². The quantitative estimate of drug-likeness (QED) is 0.582. The molecule has 6 heteroatoms. The molecule has 2 aromatic rings.